The first kappa shape index (κ1) is 12.4. The summed E-state index contributed by atoms with van der Waals surface area (Å²) in [5, 5.41) is 7.74. The second-order valence-electron chi connectivity index (χ2n) is 4.94. The third-order valence-corrected chi connectivity index (χ3v) is 3.83. The normalized spacial score (nSPS) is 12.9. The second kappa shape index (κ2) is 5.14. The van der Waals surface area contributed by atoms with Gasteiger partial charge < -0.3 is 10.6 Å². The molecule has 2 N–H and O–H groups in total. The first-order valence-electron chi connectivity index (χ1n) is 6.59. The fourth-order valence-electron chi connectivity index (χ4n) is 2.57. The van der Waals surface area contributed by atoms with E-state index in [0.29, 0.717) is 0 Å². The molecule has 0 spiro atoms. The lowest BCUT2D eigenvalue weighted by atomic mass is 10.1. The molecule has 2 nitrogen and oxygen atoms in total. The van der Waals surface area contributed by atoms with Crippen molar-refractivity contribution < 1.29 is 0 Å². The quantitative estimate of drug-likeness (QED) is 0.874. The summed E-state index contributed by atoms with van der Waals surface area (Å²) in [6.07, 6.45) is 1.13. The fourth-order valence-corrected chi connectivity index (χ4v) is 2.80. The molecule has 0 atom stereocenters. The molecule has 0 fully saturated rings. The van der Waals surface area contributed by atoms with Crippen molar-refractivity contribution in [3.63, 3.8) is 0 Å². The van der Waals surface area contributed by atoms with Crippen LogP contribution in [0, 0.1) is 6.92 Å². The Morgan fingerprint density at radius 3 is 3.00 bits per heavy atom. The Bertz CT molecular complexity index is 608. The van der Waals surface area contributed by atoms with Crippen LogP contribution in [0.5, 0.6) is 0 Å². The summed E-state index contributed by atoms with van der Waals surface area (Å²) in [5.41, 5.74) is 6.37. The van der Waals surface area contributed by atoms with Crippen LogP contribution in [0.1, 0.15) is 16.7 Å². The third kappa shape index (κ3) is 2.54. The van der Waals surface area contributed by atoms with E-state index in [9.17, 15) is 0 Å². The van der Waals surface area contributed by atoms with Gasteiger partial charge in [0.2, 0.25) is 0 Å². The maximum atomic E-state index is 5.97. The van der Waals surface area contributed by atoms with Gasteiger partial charge in [0.15, 0.2) is 0 Å². The molecule has 2 aromatic carbocycles. The molecule has 1 heterocycles. The molecule has 0 aromatic heterocycles. The zero-order valence-electron chi connectivity index (χ0n) is 11.0. The number of fused-ring (bicyclic) bond motifs is 1. The molecule has 0 bridgehead atoms. The van der Waals surface area contributed by atoms with Crippen molar-refractivity contribution in [2.24, 2.45) is 0 Å². The van der Waals surface area contributed by atoms with Crippen LogP contribution >= 0.6 is 11.6 Å². The van der Waals surface area contributed by atoms with Crippen LogP contribution in [-0.4, -0.2) is 6.54 Å². The standard InChI is InChI=1S/C16H17ClN2/c1-11-9-14(17)5-6-15(11)19-10-13-4-2-3-12-7-8-18-16(12)13/h2-6,9,18-19H,7-8,10H2,1H3. The minimum Gasteiger partial charge on any atom is -0.384 e. The third-order valence-electron chi connectivity index (χ3n) is 3.59. The Balaban J connectivity index is 1.78. The number of anilines is 2. The lowest BCUT2D eigenvalue weighted by Crippen LogP contribution is -2.04. The molecule has 1 aliphatic rings. The maximum absolute atomic E-state index is 5.97. The monoisotopic (exact) mass is 272 g/mol. The van der Waals surface area contributed by atoms with Crippen molar-refractivity contribution in [3.05, 3.63) is 58.1 Å². The fraction of sp³-hybridized carbons (Fsp3) is 0.250. The van der Waals surface area contributed by atoms with Crippen molar-refractivity contribution in [2.45, 2.75) is 19.9 Å². The molecule has 0 radical (unpaired) electrons. The van der Waals surface area contributed by atoms with Gasteiger partial charge in [-0.05, 0) is 48.2 Å². The maximum Gasteiger partial charge on any atom is 0.0424 e. The van der Waals surface area contributed by atoms with Crippen molar-refractivity contribution in [2.75, 3.05) is 17.2 Å². The highest BCUT2D eigenvalue weighted by Gasteiger charge is 2.13. The van der Waals surface area contributed by atoms with E-state index in [1.54, 1.807) is 0 Å². The van der Waals surface area contributed by atoms with E-state index in [4.69, 9.17) is 11.6 Å². The number of rotatable bonds is 3. The summed E-state index contributed by atoms with van der Waals surface area (Å²) in [4.78, 5) is 0. The summed E-state index contributed by atoms with van der Waals surface area (Å²) >= 11 is 5.97. The largest absolute Gasteiger partial charge is 0.384 e. The highest BCUT2D eigenvalue weighted by Crippen LogP contribution is 2.27. The van der Waals surface area contributed by atoms with Crippen LogP contribution in [0.15, 0.2) is 36.4 Å². The minimum absolute atomic E-state index is 0.783. The lowest BCUT2D eigenvalue weighted by molar-refractivity contribution is 1.11. The Morgan fingerprint density at radius 1 is 1.26 bits per heavy atom. The molecule has 0 saturated heterocycles. The number of aryl methyl sites for hydroxylation is 1. The average Bonchev–Trinajstić information content (AvgIpc) is 2.86. The Kier molecular flexibility index (Phi) is 3.34. The van der Waals surface area contributed by atoms with E-state index >= 15 is 0 Å². The van der Waals surface area contributed by atoms with E-state index in [1.807, 2.05) is 18.2 Å². The molecular formula is C16H17ClN2. The summed E-state index contributed by atoms with van der Waals surface area (Å²) in [7, 11) is 0. The van der Waals surface area contributed by atoms with Crippen LogP contribution in [0.25, 0.3) is 0 Å². The van der Waals surface area contributed by atoms with Crippen LogP contribution < -0.4 is 10.6 Å². The Morgan fingerprint density at radius 2 is 2.16 bits per heavy atom. The Hall–Kier alpha value is -1.67. The van der Waals surface area contributed by atoms with Crippen LogP contribution in [-0.2, 0) is 13.0 Å². The van der Waals surface area contributed by atoms with Crippen molar-refractivity contribution in [1.29, 1.82) is 0 Å². The number of hydrogen-bond acceptors (Lipinski definition) is 2. The molecule has 19 heavy (non-hydrogen) atoms. The van der Waals surface area contributed by atoms with Crippen LogP contribution in [0.3, 0.4) is 0 Å². The number of hydrogen-bond donors (Lipinski definition) is 2. The molecule has 0 saturated carbocycles. The molecule has 98 valence electrons. The summed E-state index contributed by atoms with van der Waals surface area (Å²) in [5.74, 6) is 0. The number of halogens is 1. The number of nitrogens with one attached hydrogen (secondary N) is 2. The summed E-state index contributed by atoms with van der Waals surface area (Å²) in [6, 6.07) is 12.5. The average molecular weight is 273 g/mol. The van der Waals surface area contributed by atoms with Gasteiger partial charge >= 0.3 is 0 Å². The van der Waals surface area contributed by atoms with Crippen LogP contribution in [0.2, 0.25) is 5.02 Å². The van der Waals surface area contributed by atoms with E-state index in [1.165, 1.54) is 22.4 Å². The van der Waals surface area contributed by atoms with Gasteiger partial charge in [0.25, 0.3) is 0 Å². The predicted octanol–water partition coefficient (Wildman–Crippen LogP) is 4.23. The van der Waals surface area contributed by atoms with Gasteiger partial charge in [0, 0.05) is 29.5 Å². The molecule has 0 unspecified atom stereocenters. The van der Waals surface area contributed by atoms with Gasteiger partial charge in [-0.2, -0.15) is 0 Å². The highest BCUT2D eigenvalue weighted by molar-refractivity contribution is 6.30. The summed E-state index contributed by atoms with van der Waals surface area (Å²) < 4.78 is 0. The molecule has 0 aliphatic carbocycles. The minimum atomic E-state index is 0.783. The lowest BCUT2D eigenvalue weighted by Gasteiger charge is -2.13. The van der Waals surface area contributed by atoms with Crippen molar-refractivity contribution in [3.8, 4) is 0 Å². The zero-order chi connectivity index (χ0) is 13.2. The molecule has 2 aromatic rings. The topological polar surface area (TPSA) is 24.1 Å². The SMILES string of the molecule is Cc1cc(Cl)ccc1NCc1cccc2c1NCC2. The summed E-state index contributed by atoms with van der Waals surface area (Å²) in [6.45, 7) is 3.95. The molecule has 3 heteroatoms. The van der Waals surface area contributed by atoms with Gasteiger partial charge in [-0.25, -0.2) is 0 Å². The molecular weight excluding hydrogens is 256 g/mol. The van der Waals surface area contributed by atoms with E-state index in [0.717, 1.165) is 30.2 Å². The second-order valence-corrected chi connectivity index (χ2v) is 5.38. The van der Waals surface area contributed by atoms with E-state index < -0.39 is 0 Å². The van der Waals surface area contributed by atoms with Gasteiger partial charge in [-0.1, -0.05) is 29.8 Å². The Labute approximate surface area is 118 Å². The number of benzene rings is 2. The molecule has 3 rings (SSSR count). The highest BCUT2D eigenvalue weighted by atomic mass is 35.5. The number of para-hydroxylation sites is 1. The predicted molar refractivity (Wildman–Crippen MR) is 82.2 cm³/mol. The van der Waals surface area contributed by atoms with Crippen molar-refractivity contribution >= 4 is 23.0 Å². The van der Waals surface area contributed by atoms with E-state index in [-0.39, 0.29) is 0 Å². The molecule has 1 aliphatic heterocycles. The van der Waals surface area contributed by atoms with Crippen LogP contribution in [0.4, 0.5) is 11.4 Å². The zero-order valence-corrected chi connectivity index (χ0v) is 11.7. The smallest absolute Gasteiger partial charge is 0.0424 e. The molecule has 0 amide bonds. The van der Waals surface area contributed by atoms with Gasteiger partial charge in [0.1, 0.15) is 0 Å². The first-order chi connectivity index (χ1) is 9.24. The van der Waals surface area contributed by atoms with E-state index in [2.05, 4.69) is 35.8 Å². The van der Waals surface area contributed by atoms with Gasteiger partial charge in [0.05, 0.1) is 0 Å². The first-order valence-corrected chi connectivity index (χ1v) is 6.96. The van der Waals surface area contributed by atoms with Gasteiger partial charge in [-0.15, -0.1) is 0 Å². The van der Waals surface area contributed by atoms with Crippen molar-refractivity contribution in [1.82, 2.24) is 0 Å². The van der Waals surface area contributed by atoms with Gasteiger partial charge in [-0.3, -0.25) is 0 Å².